The fourth-order valence-corrected chi connectivity index (χ4v) is 3.31. The van der Waals surface area contributed by atoms with Crippen LogP contribution in [-0.4, -0.2) is 12.5 Å². The van der Waals surface area contributed by atoms with Crippen LogP contribution in [0.3, 0.4) is 0 Å². The Morgan fingerprint density at radius 3 is 2.56 bits per heavy atom. The molecule has 0 bridgehead atoms. The minimum atomic E-state index is -0.324. The lowest BCUT2D eigenvalue weighted by atomic mass is 9.89. The van der Waals surface area contributed by atoms with Crippen LogP contribution in [0, 0.1) is 5.82 Å². The van der Waals surface area contributed by atoms with E-state index in [1.165, 1.54) is 48.2 Å². The first-order valence-corrected chi connectivity index (χ1v) is 8.95. The summed E-state index contributed by atoms with van der Waals surface area (Å²) in [7, 11) is 0. The summed E-state index contributed by atoms with van der Waals surface area (Å²) >= 11 is 0. The molecule has 2 aromatic rings. The number of amides is 1. The summed E-state index contributed by atoms with van der Waals surface area (Å²) in [6, 6.07) is 12.2. The van der Waals surface area contributed by atoms with E-state index in [9.17, 15) is 9.18 Å². The number of fused-ring (bicyclic) bond motifs is 1. The van der Waals surface area contributed by atoms with Crippen molar-refractivity contribution in [2.45, 2.75) is 45.1 Å². The van der Waals surface area contributed by atoms with Crippen molar-refractivity contribution in [3.63, 3.8) is 0 Å². The molecule has 0 fully saturated rings. The zero-order valence-corrected chi connectivity index (χ0v) is 14.6. The van der Waals surface area contributed by atoms with Gasteiger partial charge >= 0.3 is 0 Å². The molecule has 1 aliphatic carbocycles. The van der Waals surface area contributed by atoms with Crippen LogP contribution in [0.2, 0.25) is 0 Å². The van der Waals surface area contributed by atoms with Crippen LogP contribution < -0.4 is 10.1 Å². The number of ether oxygens (including phenoxy) is 1. The smallest absolute Gasteiger partial charge is 0.258 e. The van der Waals surface area contributed by atoms with E-state index in [2.05, 4.69) is 30.4 Å². The summed E-state index contributed by atoms with van der Waals surface area (Å²) in [5.74, 6) is -0.0115. The van der Waals surface area contributed by atoms with E-state index >= 15 is 0 Å². The number of carbonyl (C=O) groups excluding carboxylic acids is 1. The van der Waals surface area contributed by atoms with Crippen LogP contribution in [0.25, 0.3) is 0 Å². The first-order chi connectivity index (χ1) is 12.2. The van der Waals surface area contributed by atoms with E-state index in [0.717, 1.165) is 24.8 Å². The SMILES string of the molecule is CC[C@H](NC(=O)COc1ccc(F)cc1)c1ccc2c(c1)CCCC2. The number of benzene rings is 2. The minimum Gasteiger partial charge on any atom is -0.484 e. The number of hydrogen-bond donors (Lipinski definition) is 1. The predicted molar refractivity (Wildman–Crippen MR) is 96.2 cm³/mol. The van der Waals surface area contributed by atoms with Crippen molar-refractivity contribution in [2.75, 3.05) is 6.61 Å². The Hall–Kier alpha value is -2.36. The standard InChI is InChI=1S/C21H24FNO2/c1-2-20(17-8-7-15-5-3-4-6-16(15)13-17)23-21(24)14-25-19-11-9-18(22)10-12-19/h7-13,20H,2-6,14H2,1H3,(H,23,24)/t20-/m0/s1. The van der Waals surface area contributed by atoms with Gasteiger partial charge in [0, 0.05) is 0 Å². The van der Waals surface area contributed by atoms with E-state index in [1.54, 1.807) is 0 Å². The van der Waals surface area contributed by atoms with Gasteiger partial charge in [-0.3, -0.25) is 4.79 Å². The summed E-state index contributed by atoms with van der Waals surface area (Å²) in [4.78, 5) is 12.2. The Morgan fingerprint density at radius 1 is 1.12 bits per heavy atom. The van der Waals surface area contributed by atoms with Gasteiger partial charge < -0.3 is 10.1 Å². The second kappa shape index (κ2) is 8.15. The fraction of sp³-hybridized carbons (Fsp3) is 0.381. The molecule has 0 heterocycles. The van der Waals surface area contributed by atoms with Crippen molar-refractivity contribution in [1.82, 2.24) is 5.32 Å². The highest BCUT2D eigenvalue weighted by molar-refractivity contribution is 5.78. The number of carbonyl (C=O) groups is 1. The van der Waals surface area contributed by atoms with Gasteiger partial charge in [0.25, 0.3) is 5.91 Å². The third kappa shape index (κ3) is 4.59. The predicted octanol–water partition coefficient (Wildman–Crippen LogP) is 4.35. The van der Waals surface area contributed by atoms with Crippen LogP contribution in [-0.2, 0) is 17.6 Å². The van der Waals surface area contributed by atoms with Gasteiger partial charge in [0.05, 0.1) is 6.04 Å². The molecule has 1 N–H and O–H groups in total. The topological polar surface area (TPSA) is 38.3 Å². The molecule has 0 radical (unpaired) electrons. The Balaban J connectivity index is 1.59. The molecule has 0 aromatic heterocycles. The molecule has 1 aliphatic rings. The Morgan fingerprint density at radius 2 is 1.84 bits per heavy atom. The average Bonchev–Trinajstić information content (AvgIpc) is 2.65. The van der Waals surface area contributed by atoms with Gasteiger partial charge in [-0.05, 0) is 73.1 Å². The molecular weight excluding hydrogens is 317 g/mol. The summed E-state index contributed by atoms with van der Waals surface area (Å²) in [6.07, 6.45) is 5.61. The van der Waals surface area contributed by atoms with E-state index < -0.39 is 0 Å². The maximum absolute atomic E-state index is 12.9. The molecule has 0 saturated carbocycles. The molecule has 3 rings (SSSR count). The maximum atomic E-state index is 12.9. The van der Waals surface area contributed by atoms with Crippen molar-refractivity contribution < 1.29 is 13.9 Å². The summed E-state index contributed by atoms with van der Waals surface area (Å²) in [5.41, 5.74) is 4.01. The summed E-state index contributed by atoms with van der Waals surface area (Å²) < 4.78 is 18.3. The zero-order valence-electron chi connectivity index (χ0n) is 14.6. The van der Waals surface area contributed by atoms with Gasteiger partial charge in [-0.25, -0.2) is 4.39 Å². The molecule has 0 unspecified atom stereocenters. The van der Waals surface area contributed by atoms with Crippen LogP contribution in [0.4, 0.5) is 4.39 Å². The zero-order chi connectivity index (χ0) is 17.6. The normalized spacial score (nSPS) is 14.5. The molecule has 4 heteroatoms. The summed E-state index contributed by atoms with van der Waals surface area (Å²) in [5, 5.41) is 3.03. The number of rotatable bonds is 6. The highest BCUT2D eigenvalue weighted by Crippen LogP contribution is 2.26. The quantitative estimate of drug-likeness (QED) is 0.848. The van der Waals surface area contributed by atoms with Gasteiger partial charge in [0.2, 0.25) is 0 Å². The highest BCUT2D eigenvalue weighted by Gasteiger charge is 2.16. The van der Waals surface area contributed by atoms with E-state index in [-0.39, 0.29) is 24.4 Å². The fourth-order valence-electron chi connectivity index (χ4n) is 3.31. The number of halogens is 1. The van der Waals surface area contributed by atoms with Crippen LogP contribution in [0.15, 0.2) is 42.5 Å². The first-order valence-electron chi connectivity index (χ1n) is 8.95. The molecule has 1 atom stereocenters. The third-order valence-electron chi connectivity index (χ3n) is 4.70. The van der Waals surface area contributed by atoms with Crippen LogP contribution >= 0.6 is 0 Å². The lowest BCUT2D eigenvalue weighted by molar-refractivity contribution is -0.123. The molecule has 25 heavy (non-hydrogen) atoms. The lowest BCUT2D eigenvalue weighted by Crippen LogP contribution is -2.32. The van der Waals surface area contributed by atoms with Gasteiger partial charge in [-0.15, -0.1) is 0 Å². The van der Waals surface area contributed by atoms with Gasteiger partial charge in [-0.1, -0.05) is 25.1 Å². The Bertz CT molecular complexity index is 727. The van der Waals surface area contributed by atoms with Gasteiger partial charge in [0.15, 0.2) is 6.61 Å². The lowest BCUT2D eigenvalue weighted by Gasteiger charge is -2.21. The van der Waals surface area contributed by atoms with Crippen molar-refractivity contribution in [1.29, 1.82) is 0 Å². The minimum absolute atomic E-state index is 0.0171. The monoisotopic (exact) mass is 341 g/mol. The molecule has 0 aliphatic heterocycles. The second-order valence-electron chi connectivity index (χ2n) is 6.51. The van der Waals surface area contributed by atoms with E-state index in [1.807, 2.05) is 0 Å². The molecule has 3 nitrogen and oxygen atoms in total. The van der Waals surface area contributed by atoms with Gasteiger partial charge in [0.1, 0.15) is 11.6 Å². The van der Waals surface area contributed by atoms with Crippen molar-refractivity contribution in [2.24, 2.45) is 0 Å². The molecular formula is C21H24FNO2. The Kier molecular flexibility index (Phi) is 5.69. The highest BCUT2D eigenvalue weighted by atomic mass is 19.1. The molecule has 132 valence electrons. The van der Waals surface area contributed by atoms with Crippen molar-refractivity contribution >= 4 is 5.91 Å². The summed E-state index contributed by atoms with van der Waals surface area (Å²) in [6.45, 7) is 1.98. The number of hydrogen-bond acceptors (Lipinski definition) is 2. The van der Waals surface area contributed by atoms with Crippen LogP contribution in [0.5, 0.6) is 5.75 Å². The van der Waals surface area contributed by atoms with Crippen molar-refractivity contribution in [3.8, 4) is 5.75 Å². The van der Waals surface area contributed by atoms with Gasteiger partial charge in [-0.2, -0.15) is 0 Å². The Labute approximate surface area is 148 Å². The van der Waals surface area contributed by atoms with Crippen molar-refractivity contribution in [3.05, 3.63) is 65.0 Å². The molecule has 2 aromatic carbocycles. The number of nitrogens with one attached hydrogen (secondary N) is 1. The maximum Gasteiger partial charge on any atom is 0.258 e. The molecule has 0 saturated heterocycles. The van der Waals surface area contributed by atoms with Crippen LogP contribution in [0.1, 0.15) is 48.9 Å². The van der Waals surface area contributed by atoms with E-state index in [4.69, 9.17) is 4.74 Å². The number of aryl methyl sites for hydroxylation is 2. The third-order valence-corrected chi connectivity index (χ3v) is 4.70. The largest absolute Gasteiger partial charge is 0.484 e. The molecule has 1 amide bonds. The van der Waals surface area contributed by atoms with E-state index in [0.29, 0.717) is 5.75 Å². The second-order valence-corrected chi connectivity index (χ2v) is 6.51. The average molecular weight is 341 g/mol. The first kappa shape index (κ1) is 17.5. The molecule has 0 spiro atoms.